The molecule has 2 N–H and O–H groups in total. The van der Waals surface area contributed by atoms with E-state index in [1.165, 1.54) is 73.8 Å². The lowest BCUT2D eigenvalue weighted by molar-refractivity contribution is -0.219. The van der Waals surface area contributed by atoms with Crippen molar-refractivity contribution < 1.29 is 9.90 Å². The Labute approximate surface area is 290 Å². The highest BCUT2D eigenvalue weighted by Gasteiger charge is 2.70. The molecule has 1 aromatic heterocycles. The lowest BCUT2D eigenvalue weighted by Crippen LogP contribution is -2.68. The van der Waals surface area contributed by atoms with Gasteiger partial charge in [-0.05, 0) is 171 Å². The van der Waals surface area contributed by atoms with Gasteiger partial charge in [-0.15, -0.1) is 0 Å². The van der Waals surface area contributed by atoms with Crippen LogP contribution in [0.3, 0.4) is 0 Å². The molecule has 0 aliphatic heterocycles. The number of benzene rings is 1. The molecule has 0 unspecified atom stereocenters. The number of rotatable bonds is 8. The molecule has 0 radical (unpaired) electrons. The zero-order valence-electron chi connectivity index (χ0n) is 30.6. The molecule has 0 amide bonds. The number of allylic oxidation sites excluding steroid dienone is 3. The number of aromatic nitrogens is 1. The number of nitrogens with zero attached hydrogens (tertiary/aromatic N) is 1. The summed E-state index contributed by atoms with van der Waals surface area (Å²) in [6.07, 6.45) is 18.3. The number of aryl methyl sites for hydroxylation is 1. The minimum absolute atomic E-state index is 0.0359. The van der Waals surface area contributed by atoms with Crippen LogP contribution in [-0.2, 0) is 6.42 Å². The quantitative estimate of drug-likeness (QED) is 0.221. The highest BCUT2D eigenvalue weighted by Crippen LogP contribution is 2.76. The minimum Gasteiger partial charge on any atom is -0.478 e. The van der Waals surface area contributed by atoms with E-state index in [4.69, 9.17) is 0 Å². The summed E-state index contributed by atoms with van der Waals surface area (Å²) in [5.74, 6) is 2.49. The van der Waals surface area contributed by atoms with Crippen molar-refractivity contribution in [1.82, 2.24) is 10.3 Å². The lowest BCUT2D eigenvalue weighted by atomic mass is 9.33. The van der Waals surface area contributed by atoms with E-state index in [2.05, 4.69) is 76.6 Å². The molecular formula is C44H60N2O2. The van der Waals surface area contributed by atoms with E-state index in [1.54, 1.807) is 12.1 Å². The minimum atomic E-state index is -0.856. The normalized spacial score (nSPS) is 39.7. The van der Waals surface area contributed by atoms with Crippen molar-refractivity contribution in [3.8, 4) is 0 Å². The number of nitrogens with one attached hydrogen (secondary N) is 1. The monoisotopic (exact) mass is 648 g/mol. The molecule has 5 aliphatic carbocycles. The van der Waals surface area contributed by atoms with Crippen molar-refractivity contribution in [2.75, 3.05) is 6.54 Å². The smallest absolute Gasteiger partial charge is 0.335 e. The molecule has 0 spiro atoms. The fraction of sp³-hybridized carbons (Fsp3) is 0.636. The van der Waals surface area contributed by atoms with E-state index in [0.29, 0.717) is 40.1 Å². The van der Waals surface area contributed by atoms with Gasteiger partial charge in [0.25, 0.3) is 0 Å². The van der Waals surface area contributed by atoms with Gasteiger partial charge in [-0.3, -0.25) is 4.98 Å². The van der Waals surface area contributed by atoms with E-state index in [1.807, 2.05) is 24.4 Å². The van der Waals surface area contributed by atoms with Gasteiger partial charge in [-0.1, -0.05) is 71.0 Å². The third-order valence-corrected chi connectivity index (χ3v) is 15.9. The number of hydrogen-bond acceptors (Lipinski definition) is 3. The molecule has 4 fully saturated rings. The number of aromatic carboxylic acids is 1. The first kappa shape index (κ1) is 33.8. The van der Waals surface area contributed by atoms with Gasteiger partial charge in [0, 0.05) is 17.4 Å². The average Bonchev–Trinajstić information content (AvgIpc) is 3.44. The molecule has 48 heavy (non-hydrogen) atoms. The number of carboxylic acid groups (broad SMARTS) is 1. The maximum absolute atomic E-state index is 11.5. The van der Waals surface area contributed by atoms with Crippen LogP contribution in [0.1, 0.15) is 127 Å². The van der Waals surface area contributed by atoms with E-state index < -0.39 is 5.97 Å². The van der Waals surface area contributed by atoms with E-state index in [0.717, 1.165) is 31.7 Å². The van der Waals surface area contributed by atoms with Crippen molar-refractivity contribution >= 4 is 11.5 Å². The molecule has 1 aromatic carbocycles. The molecule has 7 rings (SSSR count). The fourth-order valence-corrected chi connectivity index (χ4v) is 13.5. The van der Waals surface area contributed by atoms with Gasteiger partial charge in [-0.25, -0.2) is 4.79 Å². The Kier molecular flexibility index (Phi) is 8.41. The fourth-order valence-electron chi connectivity index (χ4n) is 13.5. The maximum atomic E-state index is 11.5. The number of carboxylic acids is 1. The SMILES string of the molecule is C=C(C)[C@@H]1CC[C@]2(NCCCc3ccccn3)CC[C@]3(C)[C@H](CC[C@@H]4[C@@]5(C)CC=C(c6ccc(C(=O)O)cc6)C(C)(C)[C@@H]5CC[C@]43C)[C@@H]12. The molecular weight excluding hydrogens is 588 g/mol. The Balaban J connectivity index is 1.16. The Morgan fingerprint density at radius 2 is 1.69 bits per heavy atom. The topological polar surface area (TPSA) is 62.2 Å². The molecule has 0 bridgehead atoms. The molecule has 0 saturated heterocycles. The number of carbonyl (C=O) groups is 1. The third-order valence-electron chi connectivity index (χ3n) is 15.9. The summed E-state index contributed by atoms with van der Waals surface area (Å²) >= 11 is 0. The lowest BCUT2D eigenvalue weighted by Gasteiger charge is -2.72. The van der Waals surface area contributed by atoms with Gasteiger partial charge in [0.15, 0.2) is 0 Å². The van der Waals surface area contributed by atoms with Crippen LogP contribution in [-0.4, -0.2) is 28.1 Å². The molecule has 4 saturated carbocycles. The van der Waals surface area contributed by atoms with E-state index >= 15 is 0 Å². The van der Waals surface area contributed by atoms with Crippen molar-refractivity contribution in [2.45, 2.75) is 118 Å². The summed E-state index contributed by atoms with van der Waals surface area (Å²) < 4.78 is 0. The van der Waals surface area contributed by atoms with Gasteiger partial charge in [0.1, 0.15) is 0 Å². The summed E-state index contributed by atoms with van der Waals surface area (Å²) in [6.45, 7) is 21.1. The number of pyridine rings is 1. The van der Waals surface area contributed by atoms with Crippen molar-refractivity contribution in [3.63, 3.8) is 0 Å². The Hall–Kier alpha value is -2.72. The van der Waals surface area contributed by atoms with Gasteiger partial charge >= 0.3 is 5.97 Å². The summed E-state index contributed by atoms with van der Waals surface area (Å²) in [6, 6.07) is 13.9. The highest BCUT2D eigenvalue weighted by atomic mass is 16.4. The van der Waals surface area contributed by atoms with E-state index in [-0.39, 0.29) is 16.4 Å². The van der Waals surface area contributed by atoms with Crippen LogP contribution in [0, 0.1) is 51.2 Å². The number of hydrogen-bond donors (Lipinski definition) is 2. The maximum Gasteiger partial charge on any atom is 0.335 e. The Morgan fingerprint density at radius 3 is 2.38 bits per heavy atom. The predicted molar refractivity (Wildman–Crippen MR) is 197 cm³/mol. The largest absolute Gasteiger partial charge is 0.478 e. The van der Waals surface area contributed by atoms with Gasteiger partial charge < -0.3 is 10.4 Å². The second-order valence-corrected chi connectivity index (χ2v) is 18.1. The Morgan fingerprint density at radius 1 is 0.917 bits per heavy atom. The zero-order valence-corrected chi connectivity index (χ0v) is 30.6. The third kappa shape index (κ3) is 5.01. The van der Waals surface area contributed by atoms with Crippen molar-refractivity contribution in [2.24, 2.45) is 51.2 Å². The average molecular weight is 649 g/mol. The van der Waals surface area contributed by atoms with Crippen LogP contribution < -0.4 is 5.32 Å². The predicted octanol–water partition coefficient (Wildman–Crippen LogP) is 10.4. The van der Waals surface area contributed by atoms with Gasteiger partial charge in [0.05, 0.1) is 5.56 Å². The van der Waals surface area contributed by atoms with Crippen LogP contribution in [0.2, 0.25) is 0 Å². The standard InChI is InChI=1S/C44H60N2O2/c1-29(2)33-19-24-44(46-28-10-12-32-11-8-9-27-45-32)26-25-42(6)35(38(33)44)17-18-37-41(5)22-20-34(30-13-15-31(16-14-30)39(47)48)40(3,4)36(41)21-23-43(37,42)7/h8-9,11,13-16,20,27,33,35-38,46H,1,10,12,17-19,21-26,28H2,2-7H3,(H,47,48)/t33-,35+,36-,37+,38+,41-,42+,43+,44-/m0/s1. The van der Waals surface area contributed by atoms with Crippen LogP contribution in [0.5, 0.6) is 0 Å². The summed E-state index contributed by atoms with van der Waals surface area (Å²) in [5, 5.41) is 13.8. The summed E-state index contributed by atoms with van der Waals surface area (Å²) in [4.78, 5) is 16.1. The molecule has 5 aliphatic rings. The van der Waals surface area contributed by atoms with Crippen LogP contribution >= 0.6 is 0 Å². The summed E-state index contributed by atoms with van der Waals surface area (Å²) in [5.41, 5.74) is 6.77. The molecule has 4 heteroatoms. The molecule has 9 atom stereocenters. The van der Waals surface area contributed by atoms with Crippen LogP contribution in [0.4, 0.5) is 0 Å². The first-order valence-electron chi connectivity index (χ1n) is 19.1. The van der Waals surface area contributed by atoms with Crippen molar-refractivity contribution in [3.05, 3.63) is 83.7 Å². The first-order valence-corrected chi connectivity index (χ1v) is 19.1. The molecule has 258 valence electrons. The van der Waals surface area contributed by atoms with Gasteiger partial charge in [0.2, 0.25) is 0 Å². The molecule has 2 aromatic rings. The second kappa shape index (κ2) is 12.0. The van der Waals surface area contributed by atoms with Gasteiger partial charge in [-0.2, -0.15) is 0 Å². The second-order valence-electron chi connectivity index (χ2n) is 18.1. The summed E-state index contributed by atoms with van der Waals surface area (Å²) in [7, 11) is 0. The van der Waals surface area contributed by atoms with Crippen molar-refractivity contribution in [1.29, 1.82) is 0 Å². The molecule has 1 heterocycles. The van der Waals surface area contributed by atoms with E-state index in [9.17, 15) is 9.90 Å². The Bertz CT molecular complexity index is 1580. The highest BCUT2D eigenvalue weighted by molar-refractivity contribution is 5.88. The molecule has 4 nitrogen and oxygen atoms in total. The zero-order chi connectivity index (χ0) is 34.1. The van der Waals surface area contributed by atoms with Crippen LogP contribution in [0.25, 0.3) is 5.57 Å². The number of fused-ring (bicyclic) bond motifs is 7. The van der Waals surface area contributed by atoms with Crippen LogP contribution in [0.15, 0.2) is 66.9 Å². The first-order chi connectivity index (χ1) is 22.8.